The van der Waals surface area contributed by atoms with Crippen molar-refractivity contribution in [1.82, 2.24) is 5.32 Å². The van der Waals surface area contributed by atoms with Crippen LogP contribution in [0.3, 0.4) is 0 Å². The zero-order chi connectivity index (χ0) is 13.7. The van der Waals surface area contributed by atoms with Gasteiger partial charge in [0.25, 0.3) is 0 Å². The highest BCUT2D eigenvalue weighted by Crippen LogP contribution is 2.33. The molecule has 0 saturated heterocycles. The average Bonchev–Trinajstić information content (AvgIpc) is 2.22. The van der Waals surface area contributed by atoms with Gasteiger partial charge in [0, 0.05) is 17.4 Å². The fourth-order valence-corrected chi connectivity index (χ4v) is 2.45. The Morgan fingerprint density at radius 3 is 2.33 bits per heavy atom. The van der Waals surface area contributed by atoms with Gasteiger partial charge < -0.3 is 15.7 Å². The minimum atomic E-state index is -1.18. The number of halogens is 3. The Kier molecular flexibility index (Phi) is 5.71. The molecule has 0 heterocycles. The van der Waals surface area contributed by atoms with Crippen molar-refractivity contribution < 1.29 is 14.7 Å². The van der Waals surface area contributed by atoms with Crippen LogP contribution < -0.4 is 10.6 Å². The van der Waals surface area contributed by atoms with Gasteiger partial charge in [0.15, 0.2) is 0 Å². The van der Waals surface area contributed by atoms with Gasteiger partial charge in [-0.25, -0.2) is 4.79 Å². The summed E-state index contributed by atoms with van der Waals surface area (Å²) >= 11 is 15.1. The van der Waals surface area contributed by atoms with Crippen molar-refractivity contribution in [2.75, 3.05) is 11.9 Å². The Morgan fingerprint density at radius 2 is 1.83 bits per heavy atom. The van der Waals surface area contributed by atoms with Gasteiger partial charge in [0.05, 0.1) is 15.7 Å². The maximum atomic E-state index is 11.5. The lowest BCUT2D eigenvalue weighted by Gasteiger charge is -2.09. The second-order valence-corrected chi connectivity index (χ2v) is 5.00. The molecule has 18 heavy (non-hydrogen) atoms. The fraction of sp³-hybridized carbons (Fsp3) is 0.200. The summed E-state index contributed by atoms with van der Waals surface area (Å²) in [6.07, 6.45) is -1.18. The Balaban J connectivity index is 2.62. The topological polar surface area (TPSA) is 78.4 Å². The molecule has 0 unspecified atom stereocenters. The molecule has 98 valence electrons. The number of anilines is 1. The zero-order valence-electron chi connectivity index (χ0n) is 8.97. The average molecular weight is 356 g/mol. The first-order chi connectivity index (χ1) is 8.40. The van der Waals surface area contributed by atoms with Gasteiger partial charge in [-0.05, 0) is 12.1 Å². The Hall–Kier alpha value is -0.980. The lowest BCUT2D eigenvalue weighted by atomic mass is 10.3. The molecule has 1 aromatic rings. The largest absolute Gasteiger partial charge is 0.465 e. The molecule has 0 aliphatic rings. The summed E-state index contributed by atoms with van der Waals surface area (Å²) in [5, 5.41) is 13.6. The monoisotopic (exact) mass is 354 g/mol. The predicted molar refractivity (Wildman–Crippen MR) is 73.4 cm³/mol. The third-order valence-corrected chi connectivity index (χ3v) is 2.95. The predicted octanol–water partition coefficient (Wildman–Crippen LogP) is 3.35. The van der Waals surface area contributed by atoms with Crippen molar-refractivity contribution in [3.63, 3.8) is 0 Å². The highest BCUT2D eigenvalue weighted by Gasteiger charge is 2.11. The smallest absolute Gasteiger partial charge is 0.404 e. The van der Waals surface area contributed by atoms with Crippen molar-refractivity contribution in [3.8, 4) is 0 Å². The molecule has 3 N–H and O–H groups in total. The van der Waals surface area contributed by atoms with Gasteiger partial charge in [-0.1, -0.05) is 39.1 Å². The van der Waals surface area contributed by atoms with Gasteiger partial charge >= 0.3 is 6.09 Å². The summed E-state index contributed by atoms with van der Waals surface area (Å²) in [4.78, 5) is 21.7. The van der Waals surface area contributed by atoms with Crippen LogP contribution in [0, 0.1) is 0 Å². The maximum absolute atomic E-state index is 11.5. The lowest BCUT2D eigenvalue weighted by Crippen LogP contribution is -2.26. The van der Waals surface area contributed by atoms with Gasteiger partial charge in [-0.2, -0.15) is 0 Å². The molecule has 1 rings (SSSR count). The highest BCUT2D eigenvalue weighted by atomic mass is 79.9. The number of carboxylic acid groups (broad SMARTS) is 1. The standard InChI is InChI=1S/C10H9BrCl2N2O3/c11-5-3-6(12)9(7(13)4-5)15-8(16)1-2-14-10(17)18/h3-4,14H,1-2H2,(H,15,16)(H,17,18). The summed E-state index contributed by atoms with van der Waals surface area (Å²) in [7, 11) is 0. The van der Waals surface area contributed by atoms with Crippen LogP contribution in [-0.4, -0.2) is 23.7 Å². The molecule has 5 nitrogen and oxygen atoms in total. The first-order valence-corrected chi connectivity index (χ1v) is 6.36. The van der Waals surface area contributed by atoms with E-state index in [0.717, 1.165) is 0 Å². The van der Waals surface area contributed by atoms with E-state index in [4.69, 9.17) is 28.3 Å². The van der Waals surface area contributed by atoms with Crippen molar-refractivity contribution >= 4 is 56.8 Å². The van der Waals surface area contributed by atoms with E-state index in [1.165, 1.54) is 0 Å². The Labute approximate surface area is 122 Å². The number of nitrogens with one attached hydrogen (secondary N) is 2. The van der Waals surface area contributed by atoms with Crippen molar-refractivity contribution in [3.05, 3.63) is 26.7 Å². The minimum absolute atomic E-state index is 0.00494. The number of carbonyl (C=O) groups excluding carboxylic acids is 1. The lowest BCUT2D eigenvalue weighted by molar-refractivity contribution is -0.116. The quantitative estimate of drug-likeness (QED) is 0.774. The first-order valence-electron chi connectivity index (χ1n) is 4.81. The number of rotatable bonds is 4. The Bertz CT molecular complexity index is 459. The van der Waals surface area contributed by atoms with Crippen LogP contribution in [0.1, 0.15) is 6.42 Å². The molecule has 0 radical (unpaired) electrons. The van der Waals surface area contributed by atoms with Gasteiger partial charge in [-0.15, -0.1) is 0 Å². The van der Waals surface area contributed by atoms with E-state index < -0.39 is 6.09 Å². The van der Waals surface area contributed by atoms with E-state index in [-0.39, 0.29) is 18.9 Å². The van der Waals surface area contributed by atoms with Crippen LogP contribution in [0.5, 0.6) is 0 Å². The molecule has 1 aromatic carbocycles. The third-order valence-electron chi connectivity index (χ3n) is 1.90. The van der Waals surface area contributed by atoms with E-state index in [2.05, 4.69) is 26.6 Å². The van der Waals surface area contributed by atoms with Gasteiger partial charge in [-0.3, -0.25) is 4.79 Å². The number of hydrogen-bond acceptors (Lipinski definition) is 2. The molecular weight excluding hydrogens is 347 g/mol. The molecular formula is C10H9BrCl2N2O3. The molecule has 0 aliphatic carbocycles. The van der Waals surface area contributed by atoms with E-state index in [9.17, 15) is 9.59 Å². The summed E-state index contributed by atoms with van der Waals surface area (Å²) in [6.45, 7) is 0.0208. The third kappa shape index (κ3) is 4.72. The van der Waals surface area contributed by atoms with Crippen molar-refractivity contribution in [2.24, 2.45) is 0 Å². The summed E-state index contributed by atoms with van der Waals surface area (Å²) in [5.74, 6) is -0.380. The highest BCUT2D eigenvalue weighted by molar-refractivity contribution is 9.10. The second-order valence-electron chi connectivity index (χ2n) is 3.27. The molecule has 0 aromatic heterocycles. The van der Waals surface area contributed by atoms with E-state index in [1.54, 1.807) is 12.1 Å². The van der Waals surface area contributed by atoms with E-state index in [1.807, 2.05) is 0 Å². The zero-order valence-corrected chi connectivity index (χ0v) is 12.1. The number of benzene rings is 1. The molecule has 0 spiro atoms. The van der Waals surface area contributed by atoms with E-state index in [0.29, 0.717) is 20.2 Å². The second kappa shape index (κ2) is 6.82. The molecule has 0 saturated carbocycles. The van der Waals surface area contributed by atoms with Crippen molar-refractivity contribution in [2.45, 2.75) is 6.42 Å². The van der Waals surface area contributed by atoms with Crippen LogP contribution in [0.25, 0.3) is 0 Å². The molecule has 0 atom stereocenters. The minimum Gasteiger partial charge on any atom is -0.465 e. The van der Waals surface area contributed by atoms with Gasteiger partial charge in [0.1, 0.15) is 0 Å². The molecule has 8 heteroatoms. The van der Waals surface area contributed by atoms with Gasteiger partial charge in [0.2, 0.25) is 5.91 Å². The summed E-state index contributed by atoms with van der Waals surface area (Å²) in [6, 6.07) is 3.19. The fourth-order valence-electron chi connectivity index (χ4n) is 1.15. The van der Waals surface area contributed by atoms with Crippen LogP contribution >= 0.6 is 39.1 Å². The normalized spacial score (nSPS) is 9.94. The van der Waals surface area contributed by atoms with Crippen LogP contribution in [0.4, 0.5) is 10.5 Å². The number of amides is 2. The number of carbonyl (C=O) groups is 2. The molecule has 2 amide bonds. The SMILES string of the molecule is O=C(O)NCCC(=O)Nc1c(Cl)cc(Br)cc1Cl. The summed E-state index contributed by atoms with van der Waals surface area (Å²) in [5.41, 5.74) is 0.307. The summed E-state index contributed by atoms with van der Waals surface area (Å²) < 4.78 is 0.697. The molecule has 0 bridgehead atoms. The number of hydrogen-bond donors (Lipinski definition) is 3. The van der Waals surface area contributed by atoms with E-state index >= 15 is 0 Å². The Morgan fingerprint density at radius 1 is 1.28 bits per heavy atom. The van der Waals surface area contributed by atoms with Crippen LogP contribution in [-0.2, 0) is 4.79 Å². The van der Waals surface area contributed by atoms with Crippen LogP contribution in [0.2, 0.25) is 10.0 Å². The molecule has 0 aliphatic heterocycles. The van der Waals surface area contributed by atoms with Crippen LogP contribution in [0.15, 0.2) is 16.6 Å². The first kappa shape index (κ1) is 15.1. The molecule has 0 fully saturated rings. The van der Waals surface area contributed by atoms with Crippen molar-refractivity contribution in [1.29, 1.82) is 0 Å². The maximum Gasteiger partial charge on any atom is 0.404 e.